The lowest BCUT2D eigenvalue weighted by Crippen LogP contribution is -2.48. The molecule has 4 heterocycles. The minimum absolute atomic E-state index is 0.122. The maximum absolute atomic E-state index is 12.2. The van der Waals surface area contributed by atoms with Crippen LogP contribution in [0.5, 0.6) is 6.01 Å². The van der Waals surface area contributed by atoms with Crippen molar-refractivity contribution in [2.24, 2.45) is 0 Å². The molecule has 0 bridgehead atoms. The highest BCUT2D eigenvalue weighted by Gasteiger charge is 2.28. The minimum Gasteiger partial charge on any atom is -0.465 e. The van der Waals surface area contributed by atoms with Gasteiger partial charge in [-0.25, -0.2) is 9.78 Å². The number of nitrogens with two attached hydrogens (primary N) is 1. The fraction of sp³-hybridized carbons (Fsp3) is 0.476. The summed E-state index contributed by atoms with van der Waals surface area (Å²) in [5, 5.41) is 11.8. The van der Waals surface area contributed by atoms with E-state index in [1.54, 1.807) is 6.20 Å². The molecular weight excluding hydrogens is 428 g/mol. The first-order valence-corrected chi connectivity index (χ1v) is 11.0. The number of carbonyl (C=O) groups is 2. The molecule has 4 N–H and O–H groups in total. The fourth-order valence-electron chi connectivity index (χ4n) is 3.77. The lowest BCUT2D eigenvalue weighted by Gasteiger charge is -2.34. The van der Waals surface area contributed by atoms with Gasteiger partial charge in [-0.05, 0) is 18.1 Å². The van der Waals surface area contributed by atoms with Crippen molar-refractivity contribution >= 4 is 35.1 Å². The molecule has 176 valence electrons. The standard InChI is InChI=1S/C21H28N8O4/c1-2-3-10-33-20-25-18(22)17-19(26-20)29(13-16(30)24-17)12-14-4-5-15(23-11-14)27-6-8-28(9-7-27)21(31)32/h4-5,11H,2-3,6-10,12-13H2,1H3,(H,24,30)(H,31,32)(H2,22,25,26). The van der Waals surface area contributed by atoms with Crippen LogP contribution >= 0.6 is 0 Å². The zero-order valence-electron chi connectivity index (χ0n) is 18.5. The molecule has 0 saturated carbocycles. The molecule has 2 aromatic rings. The SMILES string of the molecule is CCCCOc1nc(N)c2c(n1)N(Cc1ccc(N3CCN(C(=O)O)CC3)nc1)CC(=O)N2. The van der Waals surface area contributed by atoms with E-state index in [2.05, 4.69) is 32.1 Å². The van der Waals surface area contributed by atoms with Gasteiger partial charge in [-0.2, -0.15) is 9.97 Å². The zero-order valence-corrected chi connectivity index (χ0v) is 18.5. The van der Waals surface area contributed by atoms with Crippen molar-refractivity contribution in [1.82, 2.24) is 19.9 Å². The van der Waals surface area contributed by atoms with E-state index >= 15 is 0 Å². The fourth-order valence-corrected chi connectivity index (χ4v) is 3.77. The molecule has 0 unspecified atom stereocenters. The summed E-state index contributed by atoms with van der Waals surface area (Å²) in [6.07, 6.45) is 2.73. The van der Waals surface area contributed by atoms with Gasteiger partial charge >= 0.3 is 12.1 Å². The van der Waals surface area contributed by atoms with Gasteiger partial charge < -0.3 is 35.6 Å². The molecule has 0 spiro atoms. The van der Waals surface area contributed by atoms with Crippen LogP contribution in [0.2, 0.25) is 0 Å². The maximum atomic E-state index is 12.2. The number of pyridine rings is 1. The van der Waals surface area contributed by atoms with Gasteiger partial charge in [0.05, 0.1) is 13.2 Å². The molecule has 1 saturated heterocycles. The van der Waals surface area contributed by atoms with E-state index in [0.717, 1.165) is 24.2 Å². The molecule has 2 aromatic heterocycles. The van der Waals surface area contributed by atoms with Crippen molar-refractivity contribution in [2.75, 3.05) is 60.2 Å². The van der Waals surface area contributed by atoms with Crippen LogP contribution in [0, 0.1) is 0 Å². The Morgan fingerprint density at radius 1 is 1.24 bits per heavy atom. The van der Waals surface area contributed by atoms with Crippen LogP contribution in [-0.2, 0) is 11.3 Å². The van der Waals surface area contributed by atoms with Crippen LogP contribution in [0.3, 0.4) is 0 Å². The number of fused-ring (bicyclic) bond motifs is 1. The van der Waals surface area contributed by atoms with E-state index < -0.39 is 6.09 Å². The first-order chi connectivity index (χ1) is 15.9. The predicted octanol–water partition coefficient (Wildman–Crippen LogP) is 1.39. The Balaban J connectivity index is 1.47. The smallest absolute Gasteiger partial charge is 0.407 e. The summed E-state index contributed by atoms with van der Waals surface area (Å²) in [6, 6.07) is 4.04. The Morgan fingerprint density at radius 3 is 2.70 bits per heavy atom. The number of carbonyl (C=O) groups excluding carboxylic acids is 1. The summed E-state index contributed by atoms with van der Waals surface area (Å²) >= 11 is 0. The molecule has 12 nitrogen and oxygen atoms in total. The number of carboxylic acid groups (broad SMARTS) is 1. The number of nitrogen functional groups attached to an aromatic ring is 1. The van der Waals surface area contributed by atoms with Crippen molar-refractivity contribution in [2.45, 2.75) is 26.3 Å². The van der Waals surface area contributed by atoms with E-state index in [-0.39, 0.29) is 24.3 Å². The molecule has 2 amide bonds. The summed E-state index contributed by atoms with van der Waals surface area (Å²) in [6.45, 7) is 5.17. The van der Waals surface area contributed by atoms with Crippen LogP contribution in [0.15, 0.2) is 18.3 Å². The number of rotatable bonds is 7. The third-order valence-electron chi connectivity index (χ3n) is 5.58. The molecule has 0 aromatic carbocycles. The molecule has 33 heavy (non-hydrogen) atoms. The van der Waals surface area contributed by atoms with E-state index in [9.17, 15) is 9.59 Å². The number of piperazine rings is 1. The maximum Gasteiger partial charge on any atom is 0.407 e. The highest BCUT2D eigenvalue weighted by Crippen LogP contribution is 2.34. The number of unbranched alkanes of at least 4 members (excludes halogenated alkanes) is 1. The zero-order chi connectivity index (χ0) is 23.4. The Bertz CT molecular complexity index is 1010. The second-order valence-corrected chi connectivity index (χ2v) is 7.98. The highest BCUT2D eigenvalue weighted by molar-refractivity contribution is 6.03. The van der Waals surface area contributed by atoms with Gasteiger partial charge in [-0.1, -0.05) is 19.4 Å². The summed E-state index contributed by atoms with van der Waals surface area (Å²) in [4.78, 5) is 41.8. The summed E-state index contributed by atoms with van der Waals surface area (Å²) in [7, 11) is 0. The summed E-state index contributed by atoms with van der Waals surface area (Å²) in [5.41, 5.74) is 7.35. The molecule has 12 heteroatoms. The monoisotopic (exact) mass is 456 g/mol. The van der Waals surface area contributed by atoms with Gasteiger partial charge in [0.2, 0.25) is 5.91 Å². The Hall–Kier alpha value is -3.83. The van der Waals surface area contributed by atoms with Gasteiger partial charge in [0.15, 0.2) is 11.6 Å². The molecular formula is C21H28N8O4. The number of amides is 2. The molecule has 0 radical (unpaired) electrons. The van der Waals surface area contributed by atoms with Crippen LogP contribution in [-0.4, -0.2) is 76.3 Å². The average molecular weight is 457 g/mol. The van der Waals surface area contributed by atoms with Crippen molar-refractivity contribution < 1.29 is 19.4 Å². The first-order valence-electron chi connectivity index (χ1n) is 11.0. The number of aromatic nitrogens is 3. The number of nitrogens with one attached hydrogen (secondary N) is 1. The first kappa shape index (κ1) is 22.4. The second kappa shape index (κ2) is 9.76. The average Bonchev–Trinajstić information content (AvgIpc) is 2.80. The quantitative estimate of drug-likeness (QED) is 0.522. The lowest BCUT2D eigenvalue weighted by atomic mass is 10.2. The summed E-state index contributed by atoms with van der Waals surface area (Å²) in [5.74, 6) is 1.28. The van der Waals surface area contributed by atoms with Crippen LogP contribution in [0.25, 0.3) is 0 Å². The molecule has 1 fully saturated rings. The van der Waals surface area contributed by atoms with Crippen LogP contribution in [0.4, 0.5) is 27.9 Å². The van der Waals surface area contributed by atoms with E-state index in [0.29, 0.717) is 50.8 Å². The van der Waals surface area contributed by atoms with Crippen LogP contribution < -0.4 is 25.6 Å². The van der Waals surface area contributed by atoms with Crippen molar-refractivity contribution in [1.29, 1.82) is 0 Å². The molecule has 2 aliphatic rings. The van der Waals surface area contributed by atoms with Gasteiger partial charge in [-0.3, -0.25) is 4.79 Å². The highest BCUT2D eigenvalue weighted by atomic mass is 16.5. The number of ether oxygens (including phenoxy) is 1. The van der Waals surface area contributed by atoms with Crippen molar-refractivity contribution in [3.05, 3.63) is 23.9 Å². The van der Waals surface area contributed by atoms with Gasteiger partial charge in [0.1, 0.15) is 11.5 Å². The normalized spacial score (nSPS) is 15.8. The van der Waals surface area contributed by atoms with Gasteiger partial charge in [-0.15, -0.1) is 0 Å². The van der Waals surface area contributed by atoms with Gasteiger partial charge in [0, 0.05) is 38.9 Å². The van der Waals surface area contributed by atoms with E-state index in [4.69, 9.17) is 15.6 Å². The van der Waals surface area contributed by atoms with E-state index in [1.165, 1.54) is 4.90 Å². The summed E-state index contributed by atoms with van der Waals surface area (Å²) < 4.78 is 5.62. The number of hydrogen-bond donors (Lipinski definition) is 3. The number of anilines is 4. The topological polar surface area (TPSA) is 150 Å². The number of nitrogens with zero attached hydrogens (tertiary/aromatic N) is 6. The van der Waals surface area contributed by atoms with Crippen LogP contribution in [0.1, 0.15) is 25.3 Å². The number of hydrogen-bond acceptors (Lipinski definition) is 9. The molecule has 0 aliphatic carbocycles. The Kier molecular flexibility index (Phi) is 6.61. The molecule has 0 atom stereocenters. The van der Waals surface area contributed by atoms with E-state index in [1.807, 2.05) is 17.0 Å². The third kappa shape index (κ3) is 5.16. The Labute approximate surface area is 191 Å². The minimum atomic E-state index is -0.896. The largest absolute Gasteiger partial charge is 0.465 e. The lowest BCUT2D eigenvalue weighted by molar-refractivity contribution is -0.115. The second-order valence-electron chi connectivity index (χ2n) is 7.98. The predicted molar refractivity (Wildman–Crippen MR) is 123 cm³/mol. The molecule has 4 rings (SSSR count). The Morgan fingerprint density at radius 2 is 2.03 bits per heavy atom. The third-order valence-corrected chi connectivity index (χ3v) is 5.58. The van der Waals surface area contributed by atoms with Crippen molar-refractivity contribution in [3.63, 3.8) is 0 Å². The van der Waals surface area contributed by atoms with Gasteiger partial charge in [0.25, 0.3) is 0 Å². The molecule has 2 aliphatic heterocycles. The van der Waals surface area contributed by atoms with Crippen molar-refractivity contribution in [3.8, 4) is 6.01 Å².